The Kier molecular flexibility index (Phi) is 3.39. The first kappa shape index (κ1) is 11.0. The van der Waals surface area contributed by atoms with Crippen LogP contribution in [0.15, 0.2) is 0 Å². The lowest BCUT2D eigenvalue weighted by molar-refractivity contribution is -0.0702. The van der Waals surface area contributed by atoms with Gasteiger partial charge < -0.3 is 0 Å². The fourth-order valence-corrected chi connectivity index (χ4v) is 3.05. The Balaban J connectivity index is 2.64. The lowest BCUT2D eigenvalue weighted by Crippen LogP contribution is -2.64. The smallest absolute Gasteiger partial charge is 0.0224 e. The van der Waals surface area contributed by atoms with Crippen molar-refractivity contribution in [3.05, 3.63) is 0 Å². The van der Waals surface area contributed by atoms with E-state index in [1.54, 1.807) is 0 Å². The molecule has 0 aromatic rings. The summed E-state index contributed by atoms with van der Waals surface area (Å²) in [6.45, 7) is 13.1. The molecular formula is C12H25N. The van der Waals surface area contributed by atoms with Gasteiger partial charge in [0.05, 0.1) is 0 Å². The number of hydrogen-bond donors (Lipinski definition) is 0. The van der Waals surface area contributed by atoms with Crippen molar-refractivity contribution in [3.8, 4) is 0 Å². The van der Waals surface area contributed by atoms with Crippen molar-refractivity contribution < 1.29 is 0 Å². The molecule has 0 radical (unpaired) electrons. The highest BCUT2D eigenvalue weighted by atomic mass is 15.3. The van der Waals surface area contributed by atoms with Crippen LogP contribution in [0.4, 0.5) is 0 Å². The van der Waals surface area contributed by atoms with E-state index in [1.165, 1.54) is 25.8 Å². The van der Waals surface area contributed by atoms with E-state index in [9.17, 15) is 0 Å². The highest BCUT2D eigenvalue weighted by Gasteiger charge is 2.45. The predicted octanol–water partition coefficient (Wildman–Crippen LogP) is 3.30. The quantitative estimate of drug-likeness (QED) is 0.646. The summed E-state index contributed by atoms with van der Waals surface area (Å²) in [5.74, 6) is 0.892. The lowest BCUT2D eigenvalue weighted by Gasteiger charge is -2.57. The van der Waals surface area contributed by atoms with E-state index < -0.39 is 0 Å². The molecule has 1 nitrogen and oxygen atoms in total. The maximum absolute atomic E-state index is 2.67. The number of hydrogen-bond acceptors (Lipinski definition) is 1. The van der Waals surface area contributed by atoms with Gasteiger partial charge in [-0.15, -0.1) is 0 Å². The molecule has 1 heteroatoms. The molecule has 1 heterocycles. The van der Waals surface area contributed by atoms with Gasteiger partial charge in [0, 0.05) is 18.1 Å². The monoisotopic (exact) mass is 183 g/mol. The summed E-state index contributed by atoms with van der Waals surface area (Å²) in [6.07, 6.45) is 4.06. The molecule has 13 heavy (non-hydrogen) atoms. The fourth-order valence-electron chi connectivity index (χ4n) is 3.05. The van der Waals surface area contributed by atoms with Crippen LogP contribution in [0.25, 0.3) is 0 Å². The third-order valence-electron chi connectivity index (χ3n) is 4.00. The average molecular weight is 183 g/mol. The molecule has 1 atom stereocenters. The van der Waals surface area contributed by atoms with Crippen LogP contribution in [-0.4, -0.2) is 23.0 Å². The summed E-state index contributed by atoms with van der Waals surface area (Å²) >= 11 is 0. The molecule has 0 amide bonds. The van der Waals surface area contributed by atoms with Crippen LogP contribution in [0.3, 0.4) is 0 Å². The summed E-state index contributed by atoms with van der Waals surface area (Å²) in [4.78, 5) is 2.67. The summed E-state index contributed by atoms with van der Waals surface area (Å²) < 4.78 is 0. The van der Waals surface area contributed by atoms with Crippen molar-refractivity contribution >= 4 is 0 Å². The molecule has 1 unspecified atom stereocenters. The predicted molar refractivity (Wildman–Crippen MR) is 58.9 cm³/mol. The molecule has 0 bridgehead atoms. The normalized spacial score (nSPS) is 29.8. The SMILES string of the molecule is CCC(CC)C1(C)CCN1C(C)C. The van der Waals surface area contributed by atoms with Gasteiger partial charge in [-0.1, -0.05) is 26.7 Å². The standard InChI is InChI=1S/C12H25N/c1-6-11(7-2)12(5)8-9-13(12)10(3)4/h10-11H,6-9H2,1-5H3. The van der Waals surface area contributed by atoms with Gasteiger partial charge >= 0.3 is 0 Å². The molecule has 0 aromatic heterocycles. The van der Waals surface area contributed by atoms with Crippen LogP contribution in [0.2, 0.25) is 0 Å². The number of likely N-dealkylation sites (tertiary alicyclic amines) is 1. The molecule has 1 aliphatic heterocycles. The molecule has 0 aromatic carbocycles. The van der Waals surface area contributed by atoms with Crippen LogP contribution < -0.4 is 0 Å². The zero-order chi connectivity index (χ0) is 10.1. The molecular weight excluding hydrogens is 158 g/mol. The Morgan fingerprint density at radius 2 is 1.77 bits per heavy atom. The highest BCUT2D eigenvalue weighted by Crippen LogP contribution is 2.41. The van der Waals surface area contributed by atoms with E-state index in [0.29, 0.717) is 5.54 Å². The van der Waals surface area contributed by atoms with Gasteiger partial charge in [0.1, 0.15) is 0 Å². The molecule has 0 N–H and O–H groups in total. The van der Waals surface area contributed by atoms with Gasteiger partial charge in [0.15, 0.2) is 0 Å². The van der Waals surface area contributed by atoms with E-state index in [4.69, 9.17) is 0 Å². The zero-order valence-corrected chi connectivity index (χ0v) is 9.93. The van der Waals surface area contributed by atoms with E-state index in [2.05, 4.69) is 39.5 Å². The zero-order valence-electron chi connectivity index (χ0n) is 9.93. The minimum atomic E-state index is 0.512. The summed E-state index contributed by atoms with van der Waals surface area (Å²) in [5.41, 5.74) is 0.512. The lowest BCUT2D eigenvalue weighted by atomic mass is 9.72. The van der Waals surface area contributed by atoms with Crippen molar-refractivity contribution in [2.24, 2.45) is 5.92 Å². The van der Waals surface area contributed by atoms with Gasteiger partial charge in [-0.05, 0) is 33.1 Å². The second kappa shape index (κ2) is 4.00. The molecule has 1 rings (SSSR count). The summed E-state index contributed by atoms with van der Waals surface area (Å²) in [6, 6.07) is 0.722. The van der Waals surface area contributed by atoms with Crippen molar-refractivity contribution in [3.63, 3.8) is 0 Å². The second-order valence-corrected chi connectivity index (χ2v) is 4.91. The van der Waals surface area contributed by atoms with Gasteiger partial charge in [0.2, 0.25) is 0 Å². The minimum Gasteiger partial charge on any atom is -0.295 e. The van der Waals surface area contributed by atoms with Gasteiger partial charge in [0.25, 0.3) is 0 Å². The van der Waals surface area contributed by atoms with E-state index in [1.807, 2.05) is 0 Å². The molecule has 78 valence electrons. The maximum Gasteiger partial charge on any atom is 0.0224 e. The minimum absolute atomic E-state index is 0.512. The van der Waals surface area contributed by atoms with Gasteiger partial charge in [-0.2, -0.15) is 0 Å². The fraction of sp³-hybridized carbons (Fsp3) is 1.00. The van der Waals surface area contributed by atoms with Gasteiger partial charge in [-0.25, -0.2) is 0 Å². The number of rotatable bonds is 4. The largest absolute Gasteiger partial charge is 0.295 e. The Bertz CT molecular complexity index is 154. The maximum atomic E-state index is 2.67. The van der Waals surface area contributed by atoms with Crippen molar-refractivity contribution in [2.75, 3.05) is 6.54 Å². The Morgan fingerprint density at radius 1 is 1.23 bits per heavy atom. The van der Waals surface area contributed by atoms with Crippen molar-refractivity contribution in [2.45, 2.75) is 65.5 Å². The third-order valence-corrected chi connectivity index (χ3v) is 4.00. The molecule has 1 saturated heterocycles. The highest BCUT2D eigenvalue weighted by molar-refractivity contribution is 5.01. The third kappa shape index (κ3) is 1.76. The van der Waals surface area contributed by atoms with Gasteiger partial charge in [-0.3, -0.25) is 4.90 Å². The Morgan fingerprint density at radius 3 is 2.00 bits per heavy atom. The molecule has 0 spiro atoms. The first-order chi connectivity index (χ1) is 6.06. The van der Waals surface area contributed by atoms with Crippen LogP contribution in [0, 0.1) is 5.92 Å². The Hall–Kier alpha value is -0.0400. The second-order valence-electron chi connectivity index (χ2n) is 4.91. The van der Waals surface area contributed by atoms with Crippen LogP contribution in [0.5, 0.6) is 0 Å². The molecule has 0 aliphatic carbocycles. The molecule has 1 fully saturated rings. The summed E-state index contributed by atoms with van der Waals surface area (Å²) in [7, 11) is 0. The molecule has 0 saturated carbocycles. The van der Waals surface area contributed by atoms with Crippen LogP contribution >= 0.6 is 0 Å². The van der Waals surface area contributed by atoms with Crippen molar-refractivity contribution in [1.29, 1.82) is 0 Å². The average Bonchev–Trinajstić information content (AvgIpc) is 2.03. The van der Waals surface area contributed by atoms with E-state index >= 15 is 0 Å². The first-order valence-corrected chi connectivity index (χ1v) is 5.83. The van der Waals surface area contributed by atoms with Crippen LogP contribution in [0.1, 0.15) is 53.9 Å². The van der Waals surface area contributed by atoms with Crippen LogP contribution in [-0.2, 0) is 0 Å². The number of nitrogens with zero attached hydrogens (tertiary/aromatic N) is 1. The Labute approximate surface area is 83.5 Å². The first-order valence-electron chi connectivity index (χ1n) is 5.83. The topological polar surface area (TPSA) is 3.24 Å². The molecule has 1 aliphatic rings. The van der Waals surface area contributed by atoms with Crippen molar-refractivity contribution in [1.82, 2.24) is 4.90 Å². The van der Waals surface area contributed by atoms with E-state index in [0.717, 1.165) is 12.0 Å². The van der Waals surface area contributed by atoms with E-state index in [-0.39, 0.29) is 0 Å². The summed E-state index contributed by atoms with van der Waals surface area (Å²) in [5, 5.41) is 0.